The van der Waals surface area contributed by atoms with Crippen LogP contribution in [0.2, 0.25) is 0 Å². The van der Waals surface area contributed by atoms with Crippen LogP contribution in [0.3, 0.4) is 0 Å². The Morgan fingerprint density at radius 3 is 2.11 bits per heavy atom. The Kier molecular flexibility index (Phi) is 8.21. The summed E-state index contributed by atoms with van der Waals surface area (Å²) in [6.07, 6.45) is 0. The lowest BCUT2D eigenvalue weighted by Gasteiger charge is -2.23. The highest BCUT2D eigenvalue weighted by molar-refractivity contribution is 7.92. The SMILES string of the molecule is COc1ccc(S(=O)(=O)N(CC(=O)N/N=C(/C)c2ccc(NC(C)=O)cc2)c2ccccc2)cc1. The second-order valence-corrected chi connectivity index (χ2v) is 9.38. The van der Waals surface area contributed by atoms with Crippen molar-refractivity contribution in [1.82, 2.24) is 5.43 Å². The van der Waals surface area contributed by atoms with Crippen LogP contribution in [0.25, 0.3) is 0 Å². The van der Waals surface area contributed by atoms with Crippen LogP contribution in [0.4, 0.5) is 11.4 Å². The van der Waals surface area contributed by atoms with Gasteiger partial charge in [-0.1, -0.05) is 30.3 Å². The number of sulfonamides is 1. The van der Waals surface area contributed by atoms with Gasteiger partial charge in [0.25, 0.3) is 15.9 Å². The van der Waals surface area contributed by atoms with Crippen molar-refractivity contribution in [3.63, 3.8) is 0 Å². The standard InChI is InChI=1S/C25H26N4O5S/c1-18(20-9-11-21(12-10-20)26-19(2)30)27-28-25(31)17-29(22-7-5-4-6-8-22)35(32,33)24-15-13-23(34-3)14-16-24/h4-16H,17H2,1-3H3,(H,26,30)(H,28,31)/b27-18-. The van der Waals surface area contributed by atoms with E-state index in [4.69, 9.17) is 4.74 Å². The Balaban J connectivity index is 1.78. The minimum absolute atomic E-state index is 0.0221. The lowest BCUT2D eigenvalue weighted by Crippen LogP contribution is -2.39. The fraction of sp³-hybridized carbons (Fsp3) is 0.160. The number of hydrazone groups is 1. The van der Waals surface area contributed by atoms with Crippen LogP contribution in [0.1, 0.15) is 19.4 Å². The molecule has 35 heavy (non-hydrogen) atoms. The highest BCUT2D eigenvalue weighted by atomic mass is 32.2. The first-order valence-corrected chi connectivity index (χ1v) is 12.1. The van der Waals surface area contributed by atoms with Crippen molar-refractivity contribution >= 4 is 38.9 Å². The fourth-order valence-corrected chi connectivity index (χ4v) is 4.58. The number of carbonyl (C=O) groups is 2. The van der Waals surface area contributed by atoms with E-state index >= 15 is 0 Å². The molecule has 0 aliphatic heterocycles. The van der Waals surface area contributed by atoms with Crippen molar-refractivity contribution in [1.29, 1.82) is 0 Å². The second kappa shape index (κ2) is 11.3. The van der Waals surface area contributed by atoms with Gasteiger partial charge in [-0.25, -0.2) is 13.8 Å². The molecule has 3 rings (SSSR count). The lowest BCUT2D eigenvalue weighted by molar-refractivity contribution is -0.119. The first-order valence-electron chi connectivity index (χ1n) is 10.6. The zero-order valence-electron chi connectivity index (χ0n) is 19.6. The third-order valence-corrected chi connectivity index (χ3v) is 6.74. The fourth-order valence-electron chi connectivity index (χ4n) is 3.16. The van der Waals surface area contributed by atoms with E-state index in [9.17, 15) is 18.0 Å². The molecule has 3 aromatic rings. The van der Waals surface area contributed by atoms with Gasteiger partial charge in [0, 0.05) is 12.6 Å². The molecular formula is C25H26N4O5S. The third-order valence-electron chi connectivity index (χ3n) is 4.95. The number of amides is 2. The number of methoxy groups -OCH3 is 1. The summed E-state index contributed by atoms with van der Waals surface area (Å²) < 4.78 is 32.9. The maximum absolute atomic E-state index is 13.4. The van der Waals surface area contributed by atoms with Gasteiger partial charge in [-0.05, 0) is 61.0 Å². The molecule has 2 amide bonds. The average molecular weight is 495 g/mol. The lowest BCUT2D eigenvalue weighted by atomic mass is 10.1. The minimum atomic E-state index is -4.05. The van der Waals surface area contributed by atoms with Crippen molar-refractivity contribution in [3.8, 4) is 5.75 Å². The number of nitrogens with zero attached hydrogens (tertiary/aromatic N) is 2. The molecule has 0 atom stereocenters. The highest BCUT2D eigenvalue weighted by Gasteiger charge is 2.27. The van der Waals surface area contributed by atoms with Crippen LogP contribution in [-0.4, -0.2) is 39.6 Å². The smallest absolute Gasteiger partial charge is 0.264 e. The van der Waals surface area contributed by atoms with Gasteiger partial charge in [0.2, 0.25) is 5.91 Å². The molecule has 2 N–H and O–H groups in total. The highest BCUT2D eigenvalue weighted by Crippen LogP contribution is 2.24. The summed E-state index contributed by atoms with van der Waals surface area (Å²) in [5, 5.41) is 6.78. The predicted molar refractivity (Wildman–Crippen MR) is 135 cm³/mol. The summed E-state index contributed by atoms with van der Waals surface area (Å²) in [4.78, 5) is 23.9. The number of benzene rings is 3. The number of nitrogens with one attached hydrogen (secondary N) is 2. The van der Waals surface area contributed by atoms with Gasteiger partial charge < -0.3 is 10.1 Å². The van der Waals surface area contributed by atoms with Crippen molar-refractivity contribution in [2.75, 3.05) is 23.3 Å². The van der Waals surface area contributed by atoms with Gasteiger partial charge in [-0.2, -0.15) is 5.10 Å². The van der Waals surface area contributed by atoms with E-state index in [0.29, 0.717) is 22.8 Å². The third kappa shape index (κ3) is 6.67. The number of rotatable bonds is 9. The van der Waals surface area contributed by atoms with E-state index in [2.05, 4.69) is 15.8 Å². The summed E-state index contributed by atoms with van der Waals surface area (Å²) in [7, 11) is -2.56. The van der Waals surface area contributed by atoms with Crippen LogP contribution in [-0.2, 0) is 19.6 Å². The van der Waals surface area contributed by atoms with E-state index in [-0.39, 0.29) is 10.8 Å². The molecule has 182 valence electrons. The molecule has 0 fully saturated rings. The van der Waals surface area contributed by atoms with E-state index in [0.717, 1.165) is 9.87 Å². The molecule has 0 saturated heterocycles. The van der Waals surface area contributed by atoms with Gasteiger partial charge in [-0.3, -0.25) is 13.9 Å². The largest absolute Gasteiger partial charge is 0.497 e. The van der Waals surface area contributed by atoms with Crippen molar-refractivity contribution in [3.05, 3.63) is 84.4 Å². The van der Waals surface area contributed by atoms with E-state index in [1.54, 1.807) is 73.7 Å². The van der Waals surface area contributed by atoms with Gasteiger partial charge in [0.15, 0.2) is 0 Å². The number of carbonyl (C=O) groups excluding carboxylic acids is 2. The zero-order chi connectivity index (χ0) is 25.4. The normalized spacial score (nSPS) is 11.5. The molecule has 0 aliphatic rings. The van der Waals surface area contributed by atoms with E-state index in [1.165, 1.54) is 26.2 Å². The molecular weight excluding hydrogens is 468 g/mol. The second-order valence-electron chi connectivity index (χ2n) is 7.51. The molecule has 0 bridgehead atoms. The van der Waals surface area contributed by atoms with Gasteiger partial charge in [0.05, 0.1) is 23.4 Å². The van der Waals surface area contributed by atoms with Crippen LogP contribution in [0, 0.1) is 0 Å². The summed E-state index contributed by atoms with van der Waals surface area (Å²) in [5.41, 5.74) is 4.64. The Labute approximate surface area is 204 Å². The van der Waals surface area contributed by atoms with Gasteiger partial charge >= 0.3 is 0 Å². The number of para-hydroxylation sites is 1. The van der Waals surface area contributed by atoms with E-state index < -0.39 is 22.5 Å². The molecule has 9 nitrogen and oxygen atoms in total. The van der Waals surface area contributed by atoms with Crippen LogP contribution >= 0.6 is 0 Å². The maximum Gasteiger partial charge on any atom is 0.264 e. The Bertz CT molecular complexity index is 1310. The maximum atomic E-state index is 13.4. The van der Waals surface area contributed by atoms with Crippen molar-refractivity contribution < 1.29 is 22.7 Å². The van der Waals surface area contributed by atoms with Gasteiger partial charge in [0.1, 0.15) is 12.3 Å². The summed E-state index contributed by atoms with van der Waals surface area (Å²) in [6.45, 7) is 2.65. The Hall–Kier alpha value is -4.18. The molecule has 0 saturated carbocycles. The zero-order valence-corrected chi connectivity index (χ0v) is 20.4. The summed E-state index contributed by atoms with van der Waals surface area (Å²) >= 11 is 0. The average Bonchev–Trinajstić information content (AvgIpc) is 2.86. The van der Waals surface area contributed by atoms with Crippen LogP contribution in [0.5, 0.6) is 5.75 Å². The first kappa shape index (κ1) is 25.4. The number of hydrogen-bond donors (Lipinski definition) is 2. The van der Waals surface area contributed by atoms with Crippen LogP contribution in [0.15, 0.2) is 88.9 Å². The predicted octanol–water partition coefficient (Wildman–Crippen LogP) is 3.39. The minimum Gasteiger partial charge on any atom is -0.497 e. The monoisotopic (exact) mass is 494 g/mol. The molecule has 0 radical (unpaired) electrons. The molecule has 3 aromatic carbocycles. The molecule has 0 heterocycles. The molecule has 0 aliphatic carbocycles. The molecule has 10 heteroatoms. The first-order chi connectivity index (χ1) is 16.7. The number of hydrogen-bond acceptors (Lipinski definition) is 6. The topological polar surface area (TPSA) is 117 Å². The van der Waals surface area contributed by atoms with Crippen molar-refractivity contribution in [2.45, 2.75) is 18.7 Å². The number of ether oxygens (including phenoxy) is 1. The quantitative estimate of drug-likeness (QED) is 0.349. The Morgan fingerprint density at radius 2 is 1.54 bits per heavy atom. The number of anilines is 2. The molecule has 0 spiro atoms. The van der Waals surface area contributed by atoms with Crippen molar-refractivity contribution in [2.24, 2.45) is 5.10 Å². The van der Waals surface area contributed by atoms with Crippen LogP contribution < -0.4 is 19.8 Å². The summed E-state index contributed by atoms with van der Waals surface area (Å²) in [5.74, 6) is -0.272. The molecule has 0 aromatic heterocycles. The van der Waals surface area contributed by atoms with E-state index in [1.807, 2.05) is 0 Å². The summed E-state index contributed by atoms with van der Waals surface area (Å²) in [6, 6.07) is 21.2. The van der Waals surface area contributed by atoms with Gasteiger partial charge in [-0.15, -0.1) is 0 Å². The molecule has 0 unspecified atom stereocenters. The Morgan fingerprint density at radius 1 is 0.914 bits per heavy atom.